The van der Waals surface area contributed by atoms with Gasteiger partial charge in [0.1, 0.15) is 0 Å². The molecule has 0 amide bonds. The van der Waals surface area contributed by atoms with Crippen LogP contribution in [-0.4, -0.2) is 41.0 Å². The van der Waals surface area contributed by atoms with Crippen LogP contribution in [0.5, 0.6) is 0 Å². The first-order valence-electron chi connectivity index (χ1n) is 7.62. The molecular formula is C17H23N3O. The zero-order valence-electron chi connectivity index (χ0n) is 12.6. The molecule has 4 nitrogen and oxygen atoms in total. The van der Waals surface area contributed by atoms with Crippen LogP contribution in [0.4, 0.5) is 0 Å². The molecule has 0 spiro atoms. The topological polar surface area (TPSA) is 30.3 Å². The fraction of sp³-hybridized carbons (Fsp3) is 0.471. The van der Waals surface area contributed by atoms with Crippen molar-refractivity contribution in [1.82, 2.24) is 14.7 Å². The Labute approximate surface area is 126 Å². The Balaban J connectivity index is 1.62. The first kappa shape index (κ1) is 14.3. The third kappa shape index (κ3) is 3.93. The Morgan fingerprint density at radius 3 is 2.86 bits per heavy atom. The van der Waals surface area contributed by atoms with Gasteiger partial charge in [0.15, 0.2) is 0 Å². The molecule has 0 aliphatic carbocycles. The molecule has 1 atom stereocenters. The van der Waals surface area contributed by atoms with E-state index in [2.05, 4.69) is 46.4 Å². The Morgan fingerprint density at radius 1 is 1.24 bits per heavy atom. The Morgan fingerprint density at radius 2 is 2.10 bits per heavy atom. The van der Waals surface area contributed by atoms with E-state index in [0.29, 0.717) is 5.92 Å². The minimum Gasteiger partial charge on any atom is -0.380 e. The van der Waals surface area contributed by atoms with Crippen molar-refractivity contribution in [2.24, 2.45) is 13.0 Å². The third-order valence-corrected chi connectivity index (χ3v) is 4.10. The monoisotopic (exact) mass is 285 g/mol. The average Bonchev–Trinajstić information content (AvgIpc) is 2.76. The summed E-state index contributed by atoms with van der Waals surface area (Å²) in [5, 5.41) is 4.25. The first-order chi connectivity index (χ1) is 10.3. The van der Waals surface area contributed by atoms with E-state index in [9.17, 15) is 0 Å². The molecule has 1 aliphatic heterocycles. The summed E-state index contributed by atoms with van der Waals surface area (Å²) in [7, 11) is 2.01. The minimum atomic E-state index is 0.558. The molecule has 4 heteroatoms. The second kappa shape index (κ2) is 6.87. The summed E-state index contributed by atoms with van der Waals surface area (Å²) in [6.07, 6.45) is 2.95. The second-order valence-corrected chi connectivity index (χ2v) is 5.81. The smallest absolute Gasteiger partial charge is 0.0593 e. The van der Waals surface area contributed by atoms with Gasteiger partial charge in [0.25, 0.3) is 0 Å². The number of benzene rings is 1. The second-order valence-electron chi connectivity index (χ2n) is 5.81. The fourth-order valence-corrected chi connectivity index (χ4v) is 2.95. The normalized spacial score (nSPS) is 20.3. The average molecular weight is 285 g/mol. The van der Waals surface area contributed by atoms with Crippen LogP contribution in [-0.2, 0) is 24.8 Å². The van der Waals surface area contributed by atoms with Crippen LogP contribution in [0.15, 0.2) is 42.6 Å². The zero-order chi connectivity index (χ0) is 14.5. The Kier molecular flexibility index (Phi) is 4.68. The van der Waals surface area contributed by atoms with E-state index in [1.54, 1.807) is 0 Å². The van der Waals surface area contributed by atoms with Crippen LogP contribution in [0.2, 0.25) is 0 Å². The van der Waals surface area contributed by atoms with Crippen molar-refractivity contribution >= 4 is 0 Å². The van der Waals surface area contributed by atoms with E-state index in [1.807, 2.05) is 17.9 Å². The van der Waals surface area contributed by atoms with Gasteiger partial charge in [0.2, 0.25) is 0 Å². The lowest BCUT2D eigenvalue weighted by Gasteiger charge is -2.23. The van der Waals surface area contributed by atoms with Crippen LogP contribution in [0.25, 0.3) is 0 Å². The standard InChI is InChI=1S/C17H23N3O/c1-19-17(7-8-18-19)13-20-9-10-21-14-16(12-20)11-15-5-3-2-4-6-15/h2-8,16H,9-14H2,1H3. The molecule has 112 valence electrons. The molecule has 1 fully saturated rings. The molecule has 1 aliphatic rings. The van der Waals surface area contributed by atoms with Gasteiger partial charge in [-0.25, -0.2) is 0 Å². The third-order valence-electron chi connectivity index (χ3n) is 4.10. The first-order valence-corrected chi connectivity index (χ1v) is 7.62. The fourth-order valence-electron chi connectivity index (χ4n) is 2.95. The maximum absolute atomic E-state index is 5.79. The Hall–Kier alpha value is -1.65. The lowest BCUT2D eigenvalue weighted by Crippen LogP contribution is -2.31. The molecule has 1 unspecified atom stereocenters. The molecule has 3 rings (SSSR count). The largest absolute Gasteiger partial charge is 0.380 e. The van der Waals surface area contributed by atoms with E-state index in [1.165, 1.54) is 11.3 Å². The van der Waals surface area contributed by atoms with Crippen LogP contribution in [0, 0.1) is 5.92 Å². The molecule has 0 N–H and O–H groups in total. The van der Waals surface area contributed by atoms with Gasteiger partial charge < -0.3 is 4.74 Å². The molecule has 0 radical (unpaired) electrons. The van der Waals surface area contributed by atoms with Gasteiger partial charge in [-0.15, -0.1) is 0 Å². The number of hydrogen-bond acceptors (Lipinski definition) is 3. The molecule has 2 aromatic rings. The number of aromatic nitrogens is 2. The zero-order valence-corrected chi connectivity index (χ0v) is 12.6. The summed E-state index contributed by atoms with van der Waals surface area (Å²) >= 11 is 0. The molecular weight excluding hydrogens is 262 g/mol. The van der Waals surface area contributed by atoms with Crippen molar-refractivity contribution in [3.8, 4) is 0 Å². The van der Waals surface area contributed by atoms with Gasteiger partial charge in [-0.2, -0.15) is 5.10 Å². The molecule has 1 aromatic heterocycles. The highest BCUT2D eigenvalue weighted by Crippen LogP contribution is 2.15. The van der Waals surface area contributed by atoms with Crippen molar-refractivity contribution in [3.63, 3.8) is 0 Å². The van der Waals surface area contributed by atoms with Crippen molar-refractivity contribution in [1.29, 1.82) is 0 Å². The minimum absolute atomic E-state index is 0.558. The van der Waals surface area contributed by atoms with E-state index < -0.39 is 0 Å². The Bertz CT molecular complexity index is 552. The highest BCUT2D eigenvalue weighted by molar-refractivity contribution is 5.15. The van der Waals surface area contributed by atoms with Crippen LogP contribution >= 0.6 is 0 Å². The van der Waals surface area contributed by atoms with E-state index in [0.717, 1.165) is 39.3 Å². The van der Waals surface area contributed by atoms with Gasteiger partial charge in [-0.05, 0) is 24.0 Å². The van der Waals surface area contributed by atoms with Gasteiger partial charge >= 0.3 is 0 Å². The highest BCUT2D eigenvalue weighted by atomic mass is 16.5. The number of aryl methyl sites for hydroxylation is 1. The summed E-state index contributed by atoms with van der Waals surface area (Å²) in [5.41, 5.74) is 2.66. The summed E-state index contributed by atoms with van der Waals surface area (Å²) in [4.78, 5) is 2.48. The molecule has 0 saturated carbocycles. The maximum atomic E-state index is 5.79. The molecule has 1 saturated heterocycles. The predicted molar refractivity (Wildman–Crippen MR) is 82.9 cm³/mol. The van der Waals surface area contributed by atoms with E-state index >= 15 is 0 Å². The number of nitrogens with zero attached hydrogens (tertiary/aromatic N) is 3. The highest BCUT2D eigenvalue weighted by Gasteiger charge is 2.19. The van der Waals surface area contributed by atoms with Crippen LogP contribution in [0.3, 0.4) is 0 Å². The molecule has 2 heterocycles. The van der Waals surface area contributed by atoms with Gasteiger partial charge in [0.05, 0.1) is 18.9 Å². The van der Waals surface area contributed by atoms with Crippen LogP contribution in [0.1, 0.15) is 11.3 Å². The molecule has 0 bridgehead atoms. The van der Waals surface area contributed by atoms with Crippen molar-refractivity contribution in [2.75, 3.05) is 26.3 Å². The van der Waals surface area contributed by atoms with Crippen molar-refractivity contribution in [3.05, 3.63) is 53.9 Å². The van der Waals surface area contributed by atoms with Gasteiger partial charge in [-0.3, -0.25) is 9.58 Å². The summed E-state index contributed by atoms with van der Waals surface area (Å²) in [6.45, 7) is 4.71. The van der Waals surface area contributed by atoms with Crippen LogP contribution < -0.4 is 0 Å². The van der Waals surface area contributed by atoms with Gasteiger partial charge in [0, 0.05) is 32.9 Å². The molecule has 1 aromatic carbocycles. The van der Waals surface area contributed by atoms with Gasteiger partial charge in [-0.1, -0.05) is 30.3 Å². The van der Waals surface area contributed by atoms with E-state index in [-0.39, 0.29) is 0 Å². The quantitative estimate of drug-likeness (QED) is 0.862. The molecule has 21 heavy (non-hydrogen) atoms. The maximum Gasteiger partial charge on any atom is 0.0593 e. The lowest BCUT2D eigenvalue weighted by molar-refractivity contribution is 0.121. The number of rotatable bonds is 4. The number of ether oxygens (including phenoxy) is 1. The number of hydrogen-bond donors (Lipinski definition) is 0. The van der Waals surface area contributed by atoms with E-state index in [4.69, 9.17) is 4.74 Å². The summed E-state index contributed by atoms with van der Waals surface area (Å²) in [5.74, 6) is 0.558. The predicted octanol–water partition coefficient (Wildman–Crippen LogP) is 2.11. The lowest BCUT2D eigenvalue weighted by atomic mass is 9.99. The van der Waals surface area contributed by atoms with Crippen molar-refractivity contribution in [2.45, 2.75) is 13.0 Å². The summed E-state index contributed by atoms with van der Waals surface area (Å²) < 4.78 is 7.75. The summed E-state index contributed by atoms with van der Waals surface area (Å²) in [6, 6.07) is 12.8. The SMILES string of the molecule is Cn1nccc1CN1CCOCC(Cc2ccccc2)C1. The van der Waals surface area contributed by atoms with Crippen molar-refractivity contribution < 1.29 is 4.74 Å².